The molecule has 9 heteroatoms. The topological polar surface area (TPSA) is 72.1 Å². The number of aromatic nitrogens is 4. The molecule has 2 N–H and O–H groups in total. The van der Waals surface area contributed by atoms with Gasteiger partial charge in [-0.25, -0.2) is 4.98 Å². The zero-order valence-corrected chi connectivity index (χ0v) is 13.6. The molecule has 0 aliphatic heterocycles. The van der Waals surface area contributed by atoms with Crippen molar-refractivity contribution in [1.82, 2.24) is 30.0 Å². The summed E-state index contributed by atoms with van der Waals surface area (Å²) < 4.78 is 28.2. The quantitative estimate of drug-likeness (QED) is 0.645. The van der Waals surface area contributed by atoms with Gasteiger partial charge in [0.25, 0.3) is 0 Å². The lowest BCUT2D eigenvalue weighted by Crippen LogP contribution is -2.37. The van der Waals surface area contributed by atoms with Gasteiger partial charge in [-0.3, -0.25) is 14.2 Å². The van der Waals surface area contributed by atoms with E-state index in [1.807, 2.05) is 25.6 Å². The van der Waals surface area contributed by atoms with E-state index in [9.17, 15) is 8.78 Å². The van der Waals surface area contributed by atoms with E-state index in [1.165, 1.54) is 12.4 Å². The SMILES string of the molecule is CN=C(NCc1c(C)nn(C)c1C)NCc1nccn1C(F)F. The van der Waals surface area contributed by atoms with Gasteiger partial charge in [-0.1, -0.05) is 0 Å². The highest BCUT2D eigenvalue weighted by molar-refractivity contribution is 5.79. The van der Waals surface area contributed by atoms with Gasteiger partial charge in [0, 0.05) is 44.3 Å². The predicted molar refractivity (Wildman–Crippen MR) is 83.2 cm³/mol. The lowest BCUT2D eigenvalue weighted by molar-refractivity contribution is 0.0668. The zero-order chi connectivity index (χ0) is 17.0. The van der Waals surface area contributed by atoms with Gasteiger partial charge >= 0.3 is 6.55 Å². The van der Waals surface area contributed by atoms with Gasteiger partial charge in [-0.05, 0) is 13.8 Å². The van der Waals surface area contributed by atoms with Crippen LogP contribution in [0.3, 0.4) is 0 Å². The average Bonchev–Trinajstić information content (AvgIpc) is 3.06. The maximum Gasteiger partial charge on any atom is 0.319 e. The minimum Gasteiger partial charge on any atom is -0.352 e. The molecule has 0 aliphatic rings. The third kappa shape index (κ3) is 3.85. The minimum atomic E-state index is -2.61. The van der Waals surface area contributed by atoms with Crippen LogP contribution in [0.4, 0.5) is 8.78 Å². The molecule has 2 aromatic heterocycles. The van der Waals surface area contributed by atoms with Crippen molar-refractivity contribution in [3.05, 3.63) is 35.2 Å². The summed E-state index contributed by atoms with van der Waals surface area (Å²) in [7, 11) is 3.51. The Balaban J connectivity index is 1.95. The largest absolute Gasteiger partial charge is 0.352 e. The van der Waals surface area contributed by atoms with Crippen LogP contribution >= 0.6 is 0 Å². The third-order valence-corrected chi connectivity index (χ3v) is 3.69. The Labute approximate surface area is 133 Å². The monoisotopic (exact) mass is 325 g/mol. The Morgan fingerprint density at radius 3 is 2.57 bits per heavy atom. The Morgan fingerprint density at radius 2 is 2.00 bits per heavy atom. The van der Waals surface area contributed by atoms with Gasteiger partial charge in [-0.2, -0.15) is 13.9 Å². The number of halogens is 2. The number of aliphatic imine (C=N–C) groups is 1. The van der Waals surface area contributed by atoms with E-state index in [4.69, 9.17) is 0 Å². The highest BCUT2D eigenvalue weighted by atomic mass is 19.3. The lowest BCUT2D eigenvalue weighted by atomic mass is 10.2. The fourth-order valence-corrected chi connectivity index (χ4v) is 2.29. The fraction of sp³-hybridized carbons (Fsp3) is 0.500. The normalized spacial score (nSPS) is 12.0. The van der Waals surface area contributed by atoms with Crippen molar-refractivity contribution >= 4 is 5.96 Å². The standard InChI is InChI=1S/C14H21F2N7/c1-9-11(10(2)22(4)21-9)7-19-14(17-3)20-8-12-18-5-6-23(12)13(15)16/h5-6,13H,7-8H2,1-4H3,(H2,17,19,20). The van der Waals surface area contributed by atoms with Crippen LogP contribution in [0.25, 0.3) is 0 Å². The fourth-order valence-electron chi connectivity index (χ4n) is 2.29. The lowest BCUT2D eigenvalue weighted by Gasteiger charge is -2.13. The molecule has 0 spiro atoms. The number of nitrogens with one attached hydrogen (secondary N) is 2. The first kappa shape index (κ1) is 16.9. The summed E-state index contributed by atoms with van der Waals surface area (Å²) in [5.41, 5.74) is 3.10. The van der Waals surface area contributed by atoms with Crippen molar-refractivity contribution in [2.75, 3.05) is 7.05 Å². The summed E-state index contributed by atoms with van der Waals surface area (Å²) in [4.78, 5) is 8.00. The van der Waals surface area contributed by atoms with Gasteiger partial charge in [0.2, 0.25) is 0 Å². The maximum atomic E-state index is 12.8. The van der Waals surface area contributed by atoms with Crippen LogP contribution in [0.1, 0.15) is 29.3 Å². The number of guanidine groups is 1. The summed E-state index contributed by atoms with van der Waals surface area (Å²) in [6, 6.07) is 0. The number of imidazole rings is 1. The molecular weight excluding hydrogens is 304 g/mol. The molecule has 23 heavy (non-hydrogen) atoms. The molecule has 0 radical (unpaired) electrons. The van der Waals surface area contributed by atoms with Crippen LogP contribution in [0.15, 0.2) is 17.4 Å². The second-order valence-electron chi connectivity index (χ2n) is 5.08. The molecule has 0 atom stereocenters. The van der Waals surface area contributed by atoms with E-state index in [2.05, 4.69) is 25.7 Å². The molecule has 2 rings (SSSR count). The second kappa shape index (κ2) is 7.21. The molecular formula is C14H21F2N7. The van der Waals surface area contributed by atoms with E-state index < -0.39 is 6.55 Å². The van der Waals surface area contributed by atoms with Gasteiger partial charge in [-0.15, -0.1) is 0 Å². The summed E-state index contributed by atoms with van der Waals surface area (Å²) in [6.07, 6.45) is 2.60. The summed E-state index contributed by atoms with van der Waals surface area (Å²) in [5, 5.41) is 10.5. The molecule has 0 unspecified atom stereocenters. The predicted octanol–water partition coefficient (Wildman–Crippen LogP) is 1.49. The molecule has 0 bridgehead atoms. The molecule has 0 aliphatic carbocycles. The van der Waals surface area contributed by atoms with E-state index in [1.54, 1.807) is 7.05 Å². The number of rotatable bonds is 5. The molecule has 2 aromatic rings. The molecule has 0 fully saturated rings. The summed E-state index contributed by atoms with van der Waals surface area (Å²) in [6.45, 7) is 2.04. The van der Waals surface area contributed by atoms with Crippen LogP contribution in [0.5, 0.6) is 0 Å². The zero-order valence-electron chi connectivity index (χ0n) is 13.6. The van der Waals surface area contributed by atoms with Crippen LogP contribution in [-0.2, 0) is 20.1 Å². The van der Waals surface area contributed by atoms with Gasteiger partial charge < -0.3 is 10.6 Å². The summed E-state index contributed by atoms with van der Waals surface area (Å²) in [5.74, 6) is 0.758. The van der Waals surface area contributed by atoms with Crippen molar-refractivity contribution < 1.29 is 8.78 Å². The molecule has 7 nitrogen and oxygen atoms in total. The maximum absolute atomic E-state index is 12.8. The van der Waals surface area contributed by atoms with Crippen LogP contribution in [-0.4, -0.2) is 32.3 Å². The highest BCUT2D eigenvalue weighted by Crippen LogP contribution is 2.12. The Hall–Kier alpha value is -2.45. The molecule has 0 aromatic carbocycles. The van der Waals surface area contributed by atoms with Gasteiger partial charge in [0.1, 0.15) is 5.82 Å². The van der Waals surface area contributed by atoms with E-state index in [0.717, 1.165) is 21.5 Å². The van der Waals surface area contributed by atoms with Crippen LogP contribution < -0.4 is 10.6 Å². The van der Waals surface area contributed by atoms with E-state index >= 15 is 0 Å². The molecule has 0 amide bonds. The number of alkyl halides is 2. The van der Waals surface area contributed by atoms with E-state index in [-0.39, 0.29) is 12.4 Å². The highest BCUT2D eigenvalue weighted by Gasteiger charge is 2.12. The first-order valence-corrected chi connectivity index (χ1v) is 7.17. The van der Waals surface area contributed by atoms with E-state index in [0.29, 0.717) is 12.5 Å². The third-order valence-electron chi connectivity index (χ3n) is 3.69. The average molecular weight is 325 g/mol. The Kier molecular flexibility index (Phi) is 5.30. The number of hydrogen-bond donors (Lipinski definition) is 2. The molecule has 0 saturated carbocycles. The van der Waals surface area contributed by atoms with Crippen LogP contribution in [0.2, 0.25) is 0 Å². The Morgan fingerprint density at radius 1 is 1.30 bits per heavy atom. The van der Waals surface area contributed by atoms with Crippen molar-refractivity contribution in [3.63, 3.8) is 0 Å². The minimum absolute atomic E-state index is 0.155. The van der Waals surface area contributed by atoms with Gasteiger partial charge in [0.15, 0.2) is 5.96 Å². The van der Waals surface area contributed by atoms with Crippen molar-refractivity contribution in [2.24, 2.45) is 12.0 Å². The van der Waals surface area contributed by atoms with Crippen molar-refractivity contribution in [1.29, 1.82) is 0 Å². The Bertz CT molecular complexity index is 687. The smallest absolute Gasteiger partial charge is 0.319 e. The number of hydrogen-bond acceptors (Lipinski definition) is 3. The van der Waals surface area contributed by atoms with Gasteiger partial charge in [0.05, 0.1) is 12.2 Å². The first-order valence-electron chi connectivity index (χ1n) is 7.17. The first-order chi connectivity index (χ1) is 10.9. The molecule has 126 valence electrons. The molecule has 2 heterocycles. The molecule has 0 saturated heterocycles. The van der Waals surface area contributed by atoms with Crippen molar-refractivity contribution in [2.45, 2.75) is 33.5 Å². The van der Waals surface area contributed by atoms with Crippen molar-refractivity contribution in [3.8, 4) is 0 Å². The summed E-state index contributed by atoms with van der Waals surface area (Å²) >= 11 is 0. The number of nitrogens with zero attached hydrogens (tertiary/aromatic N) is 5. The number of aryl methyl sites for hydroxylation is 2. The van der Waals surface area contributed by atoms with Crippen LogP contribution in [0, 0.1) is 13.8 Å². The second-order valence-corrected chi connectivity index (χ2v) is 5.08.